The molecule has 2 aromatic rings. The van der Waals surface area contributed by atoms with Crippen molar-refractivity contribution in [2.24, 2.45) is 0 Å². The van der Waals surface area contributed by atoms with E-state index in [0.29, 0.717) is 17.1 Å². The van der Waals surface area contributed by atoms with Gasteiger partial charge in [0.25, 0.3) is 0 Å². The number of methoxy groups -OCH3 is 1. The lowest BCUT2D eigenvalue weighted by molar-refractivity contribution is 0.168. The van der Waals surface area contributed by atoms with Crippen LogP contribution in [0.2, 0.25) is 0 Å². The number of nitrogens with one attached hydrogen (secondary N) is 1. The molecule has 0 saturated heterocycles. The first-order chi connectivity index (χ1) is 11.5. The topological polar surface area (TPSA) is 50.8 Å². The monoisotopic (exact) mass is 336 g/mol. The minimum absolute atomic E-state index is 0.213. The van der Waals surface area contributed by atoms with Gasteiger partial charge >= 0.3 is 6.09 Å². The molecule has 0 radical (unpaired) electrons. The molecule has 2 aromatic carbocycles. The largest absolute Gasteiger partial charge is 0.494 e. The number of hydrogen-bond donors (Lipinski definition) is 1. The van der Waals surface area contributed by atoms with Crippen LogP contribution in [0.3, 0.4) is 0 Å². The summed E-state index contributed by atoms with van der Waals surface area (Å²) in [7, 11) is 3.09. The van der Waals surface area contributed by atoms with Crippen LogP contribution in [-0.4, -0.2) is 26.9 Å². The highest BCUT2D eigenvalue weighted by atomic mass is 19.1. The van der Waals surface area contributed by atoms with Crippen LogP contribution in [0.4, 0.5) is 30.6 Å². The van der Waals surface area contributed by atoms with Crippen LogP contribution in [0, 0.1) is 11.6 Å². The lowest BCUT2D eigenvalue weighted by Crippen LogP contribution is -2.15. The molecule has 0 aliphatic heterocycles. The molecule has 0 aliphatic carbocycles. The summed E-state index contributed by atoms with van der Waals surface area (Å²) >= 11 is 0. The fourth-order valence-corrected chi connectivity index (χ4v) is 2.16. The standard InChI is InChI=1S/C17H18F2N2O3/c1-4-24-17(22)20-14-7-6-12(10-16(14)23-3)21(2)15-8-5-11(18)9-13(15)19/h5-10H,4H2,1-3H3,(H,20,22). The van der Waals surface area contributed by atoms with Gasteiger partial charge in [-0.25, -0.2) is 13.6 Å². The first-order valence-corrected chi connectivity index (χ1v) is 7.26. The molecular formula is C17H18F2N2O3. The predicted octanol–water partition coefficient (Wildman–Crippen LogP) is 4.31. The van der Waals surface area contributed by atoms with Gasteiger partial charge in [-0.15, -0.1) is 0 Å². The lowest BCUT2D eigenvalue weighted by Gasteiger charge is -2.21. The third-order valence-corrected chi connectivity index (χ3v) is 3.36. The van der Waals surface area contributed by atoms with Crippen LogP contribution < -0.4 is 15.0 Å². The Bertz CT molecular complexity index is 738. The second-order valence-electron chi connectivity index (χ2n) is 4.88. The Balaban J connectivity index is 2.29. The van der Waals surface area contributed by atoms with E-state index in [-0.39, 0.29) is 12.3 Å². The molecule has 0 aromatic heterocycles. The number of nitrogens with zero attached hydrogens (tertiary/aromatic N) is 1. The van der Waals surface area contributed by atoms with E-state index in [2.05, 4.69) is 5.32 Å². The quantitative estimate of drug-likeness (QED) is 0.884. The Labute approximate surface area is 138 Å². The van der Waals surface area contributed by atoms with Crippen LogP contribution in [0.5, 0.6) is 5.75 Å². The third-order valence-electron chi connectivity index (χ3n) is 3.36. The molecule has 0 saturated carbocycles. The molecule has 1 amide bonds. The first kappa shape index (κ1) is 17.5. The van der Waals surface area contributed by atoms with Gasteiger partial charge in [-0.2, -0.15) is 0 Å². The van der Waals surface area contributed by atoms with Gasteiger partial charge in [0.05, 0.1) is 25.1 Å². The van der Waals surface area contributed by atoms with Crippen LogP contribution in [-0.2, 0) is 4.74 Å². The van der Waals surface area contributed by atoms with Crippen molar-refractivity contribution in [1.29, 1.82) is 0 Å². The molecule has 0 spiro atoms. The molecule has 0 heterocycles. The lowest BCUT2D eigenvalue weighted by atomic mass is 10.2. The summed E-state index contributed by atoms with van der Waals surface area (Å²) in [6.07, 6.45) is -0.596. The van der Waals surface area contributed by atoms with Crippen molar-refractivity contribution in [2.45, 2.75) is 6.92 Å². The Morgan fingerprint density at radius 1 is 1.21 bits per heavy atom. The van der Waals surface area contributed by atoms with E-state index in [4.69, 9.17) is 9.47 Å². The van der Waals surface area contributed by atoms with Gasteiger partial charge < -0.3 is 14.4 Å². The highest BCUT2D eigenvalue weighted by Gasteiger charge is 2.14. The summed E-state index contributed by atoms with van der Waals surface area (Å²) in [4.78, 5) is 13.1. The molecule has 0 atom stereocenters. The van der Waals surface area contributed by atoms with E-state index in [0.717, 1.165) is 6.07 Å². The van der Waals surface area contributed by atoms with E-state index < -0.39 is 17.7 Å². The Hall–Kier alpha value is -2.83. The van der Waals surface area contributed by atoms with E-state index in [1.165, 1.54) is 19.2 Å². The molecule has 0 bridgehead atoms. The Morgan fingerprint density at radius 3 is 2.58 bits per heavy atom. The van der Waals surface area contributed by atoms with Crippen molar-refractivity contribution in [3.8, 4) is 5.75 Å². The molecule has 128 valence electrons. The molecule has 24 heavy (non-hydrogen) atoms. The van der Waals surface area contributed by atoms with Crippen molar-refractivity contribution in [3.63, 3.8) is 0 Å². The van der Waals surface area contributed by atoms with Gasteiger partial charge in [0, 0.05) is 24.9 Å². The van der Waals surface area contributed by atoms with Crippen LogP contribution in [0.15, 0.2) is 36.4 Å². The van der Waals surface area contributed by atoms with Gasteiger partial charge in [0.1, 0.15) is 17.4 Å². The van der Waals surface area contributed by atoms with Crippen molar-refractivity contribution in [2.75, 3.05) is 31.0 Å². The van der Waals surface area contributed by atoms with Crippen molar-refractivity contribution < 1.29 is 23.0 Å². The summed E-state index contributed by atoms with van der Waals surface area (Å²) in [5, 5.41) is 2.56. The molecule has 5 nitrogen and oxygen atoms in total. The number of benzene rings is 2. The van der Waals surface area contributed by atoms with Crippen LogP contribution in [0.25, 0.3) is 0 Å². The maximum atomic E-state index is 13.9. The molecule has 0 aliphatic rings. The van der Waals surface area contributed by atoms with Crippen LogP contribution in [0.1, 0.15) is 6.92 Å². The van der Waals surface area contributed by atoms with Gasteiger partial charge in [-0.05, 0) is 31.2 Å². The fourth-order valence-electron chi connectivity index (χ4n) is 2.16. The summed E-state index contributed by atoms with van der Waals surface area (Å²) in [6, 6.07) is 8.27. The van der Waals surface area contributed by atoms with Crippen LogP contribution >= 0.6 is 0 Å². The zero-order chi connectivity index (χ0) is 17.7. The Morgan fingerprint density at radius 2 is 1.96 bits per heavy atom. The normalized spacial score (nSPS) is 10.2. The maximum Gasteiger partial charge on any atom is 0.411 e. The van der Waals surface area contributed by atoms with E-state index in [9.17, 15) is 13.6 Å². The molecule has 0 fully saturated rings. The molecule has 1 N–H and O–H groups in total. The zero-order valence-corrected chi connectivity index (χ0v) is 13.6. The van der Waals surface area contributed by atoms with Gasteiger partial charge in [-0.3, -0.25) is 5.32 Å². The second kappa shape index (κ2) is 7.63. The van der Waals surface area contributed by atoms with Crippen molar-refractivity contribution in [3.05, 3.63) is 48.0 Å². The average molecular weight is 336 g/mol. The number of carbonyl (C=O) groups excluding carboxylic acids is 1. The predicted molar refractivity (Wildman–Crippen MR) is 88.1 cm³/mol. The van der Waals surface area contributed by atoms with Gasteiger partial charge in [-0.1, -0.05) is 0 Å². The number of ether oxygens (including phenoxy) is 2. The molecule has 7 heteroatoms. The summed E-state index contributed by atoms with van der Waals surface area (Å²) in [5.41, 5.74) is 1.24. The Kier molecular flexibility index (Phi) is 5.57. The number of halogens is 2. The highest BCUT2D eigenvalue weighted by Crippen LogP contribution is 2.33. The summed E-state index contributed by atoms with van der Waals surface area (Å²) < 4.78 is 37.0. The number of amides is 1. The average Bonchev–Trinajstić information content (AvgIpc) is 2.55. The van der Waals surface area contributed by atoms with E-state index in [1.54, 1.807) is 37.1 Å². The second-order valence-corrected chi connectivity index (χ2v) is 4.88. The highest BCUT2D eigenvalue weighted by molar-refractivity contribution is 5.87. The third kappa shape index (κ3) is 3.92. The minimum Gasteiger partial charge on any atom is -0.494 e. The smallest absolute Gasteiger partial charge is 0.411 e. The van der Waals surface area contributed by atoms with Crippen molar-refractivity contribution >= 4 is 23.2 Å². The number of anilines is 3. The maximum absolute atomic E-state index is 13.9. The zero-order valence-electron chi connectivity index (χ0n) is 13.6. The molecule has 0 unspecified atom stereocenters. The molecule has 2 rings (SSSR count). The number of rotatable bonds is 5. The van der Waals surface area contributed by atoms with Gasteiger partial charge in [0.15, 0.2) is 0 Å². The first-order valence-electron chi connectivity index (χ1n) is 7.26. The van der Waals surface area contributed by atoms with E-state index >= 15 is 0 Å². The number of hydrogen-bond acceptors (Lipinski definition) is 4. The molecular weight excluding hydrogens is 318 g/mol. The SMILES string of the molecule is CCOC(=O)Nc1ccc(N(C)c2ccc(F)cc2F)cc1OC. The summed E-state index contributed by atoms with van der Waals surface area (Å²) in [5.74, 6) is -0.934. The summed E-state index contributed by atoms with van der Waals surface area (Å²) in [6.45, 7) is 1.95. The van der Waals surface area contributed by atoms with Gasteiger partial charge in [0.2, 0.25) is 0 Å². The van der Waals surface area contributed by atoms with Crippen molar-refractivity contribution in [1.82, 2.24) is 0 Å². The fraction of sp³-hybridized carbons (Fsp3) is 0.235. The van der Waals surface area contributed by atoms with E-state index in [1.807, 2.05) is 0 Å². The number of carbonyl (C=O) groups is 1. The minimum atomic E-state index is -0.676.